The summed E-state index contributed by atoms with van der Waals surface area (Å²) in [4.78, 5) is 0. The standard InChI is InChI=1S/C96H118O4/c1-9-17-25-71(13-5)67-97-83-51-39-75(40-52-83)31-35-79-47-59-89-90-60-48-80(36-32-76-41-53-84(54-42-76)98-68-72(14-6)26-18-10-2)64-94(90)87(93(89)63-79)29-23-21-22-24-30-88-95-65-81(37-33-77-43-55-85(56-44-77)99-69-73(15-7)27-19-11-3)49-61-91(95)92-62-50-82(66-96(88)92)38-34-78-45-57-86(58-46-78)100-70-74(16-8)28-20-12-4/h31-66,71-74,87-88H,9-30,67-70H2,1-8H3/b35-31+,36-32+,37-33+,38-34+. The number of hydrogen-bond acceptors (Lipinski definition) is 4. The van der Waals surface area contributed by atoms with Gasteiger partial charge in [-0.2, -0.15) is 0 Å². The second-order valence-corrected chi connectivity index (χ2v) is 29.0. The number of hydrogen-bond donors (Lipinski definition) is 0. The zero-order valence-corrected chi connectivity index (χ0v) is 62.3. The van der Waals surface area contributed by atoms with E-state index in [-0.39, 0.29) is 0 Å². The Bertz CT molecular complexity index is 3360. The van der Waals surface area contributed by atoms with Gasteiger partial charge >= 0.3 is 0 Å². The molecule has 0 aliphatic heterocycles. The minimum absolute atomic E-state index is 0.319. The molecule has 10 rings (SSSR count). The van der Waals surface area contributed by atoms with Gasteiger partial charge in [-0.3, -0.25) is 0 Å². The molecular formula is C96H118O4. The molecule has 0 heterocycles. The fourth-order valence-electron chi connectivity index (χ4n) is 14.8. The Hall–Kier alpha value is -8.08. The first-order valence-corrected chi connectivity index (χ1v) is 39.4. The molecule has 0 bridgehead atoms. The predicted octanol–water partition coefficient (Wildman–Crippen LogP) is 28.0. The average molecular weight is 1340 g/mol. The number of fused-ring (bicyclic) bond motifs is 6. The zero-order valence-electron chi connectivity index (χ0n) is 62.3. The van der Waals surface area contributed by atoms with Crippen molar-refractivity contribution in [3.05, 3.63) is 237 Å². The topological polar surface area (TPSA) is 36.9 Å². The van der Waals surface area contributed by atoms with Crippen LogP contribution in [0.1, 0.15) is 275 Å². The van der Waals surface area contributed by atoms with Gasteiger partial charge in [-0.25, -0.2) is 0 Å². The van der Waals surface area contributed by atoms with Crippen molar-refractivity contribution in [2.45, 2.75) is 208 Å². The molecule has 4 unspecified atom stereocenters. The van der Waals surface area contributed by atoms with Crippen LogP contribution in [0.5, 0.6) is 23.0 Å². The van der Waals surface area contributed by atoms with Gasteiger partial charge in [0, 0.05) is 11.8 Å². The van der Waals surface area contributed by atoms with Crippen molar-refractivity contribution >= 4 is 48.6 Å². The van der Waals surface area contributed by atoms with E-state index >= 15 is 0 Å². The minimum Gasteiger partial charge on any atom is -0.493 e. The summed E-state index contributed by atoms with van der Waals surface area (Å²) < 4.78 is 25.2. The van der Waals surface area contributed by atoms with Crippen LogP contribution in [-0.4, -0.2) is 26.4 Å². The van der Waals surface area contributed by atoms with Gasteiger partial charge in [0.2, 0.25) is 0 Å². The number of unbranched alkanes of at least 4 members (excludes halogenated alkanes) is 7. The van der Waals surface area contributed by atoms with Gasteiger partial charge in [0.25, 0.3) is 0 Å². The highest BCUT2D eigenvalue weighted by molar-refractivity contribution is 5.85. The molecule has 8 aromatic carbocycles. The molecule has 2 aliphatic carbocycles. The van der Waals surface area contributed by atoms with Crippen molar-refractivity contribution in [1.29, 1.82) is 0 Å². The molecule has 0 amide bonds. The van der Waals surface area contributed by atoms with Crippen LogP contribution in [0, 0.1) is 23.7 Å². The van der Waals surface area contributed by atoms with Crippen molar-refractivity contribution in [2.24, 2.45) is 23.7 Å². The smallest absolute Gasteiger partial charge is 0.119 e. The SMILES string of the molecule is CCCCC(CC)COc1ccc(/C=C/c2ccc3c(c2)C(CCCCCCC2c4cc(/C=C/c5ccc(OCC(CC)CCCC)cc5)ccc4-c4ccc(/C=C/c5ccc(OCC(CC)CCCC)cc5)cc42)c2cc(/C=C/c4ccc(OCC(CC)CCCC)cc4)ccc2-3)cc1. The van der Waals surface area contributed by atoms with Gasteiger partial charge in [-0.1, -0.05) is 328 Å². The molecule has 0 saturated carbocycles. The van der Waals surface area contributed by atoms with Gasteiger partial charge in [0.05, 0.1) is 26.4 Å². The summed E-state index contributed by atoms with van der Waals surface area (Å²) in [6.07, 6.45) is 44.7. The van der Waals surface area contributed by atoms with Crippen LogP contribution in [0.4, 0.5) is 0 Å². The number of benzene rings is 8. The van der Waals surface area contributed by atoms with E-state index in [1.807, 2.05) is 0 Å². The molecule has 2 aliphatic rings. The van der Waals surface area contributed by atoms with Crippen LogP contribution in [0.2, 0.25) is 0 Å². The summed E-state index contributed by atoms with van der Waals surface area (Å²) in [6.45, 7) is 21.4. The van der Waals surface area contributed by atoms with Crippen LogP contribution in [0.3, 0.4) is 0 Å². The lowest BCUT2D eigenvalue weighted by atomic mass is 9.88. The third-order valence-electron chi connectivity index (χ3n) is 21.6. The van der Waals surface area contributed by atoms with Crippen LogP contribution < -0.4 is 18.9 Å². The summed E-state index contributed by atoms with van der Waals surface area (Å²) in [5.41, 5.74) is 21.0. The molecule has 0 N–H and O–H groups in total. The van der Waals surface area contributed by atoms with Crippen LogP contribution in [0.15, 0.2) is 170 Å². The highest BCUT2D eigenvalue weighted by Crippen LogP contribution is 2.50. The Balaban J connectivity index is 0.842. The van der Waals surface area contributed by atoms with Crippen LogP contribution >= 0.6 is 0 Å². The van der Waals surface area contributed by atoms with Crippen molar-refractivity contribution in [3.8, 4) is 45.3 Å². The molecule has 0 fully saturated rings. The van der Waals surface area contributed by atoms with E-state index in [9.17, 15) is 0 Å². The first-order valence-electron chi connectivity index (χ1n) is 39.4. The maximum absolute atomic E-state index is 6.29. The fourth-order valence-corrected chi connectivity index (χ4v) is 14.8. The molecule has 0 saturated heterocycles. The van der Waals surface area contributed by atoms with Crippen molar-refractivity contribution < 1.29 is 18.9 Å². The van der Waals surface area contributed by atoms with E-state index in [2.05, 4.69) is 274 Å². The minimum atomic E-state index is 0.319. The predicted molar refractivity (Wildman–Crippen MR) is 432 cm³/mol. The monoisotopic (exact) mass is 1330 g/mol. The Morgan fingerprint density at radius 3 is 0.670 bits per heavy atom. The lowest BCUT2D eigenvalue weighted by Gasteiger charge is -2.16. The van der Waals surface area contributed by atoms with Gasteiger partial charge in [-0.05, 0) is 200 Å². The van der Waals surface area contributed by atoms with E-state index in [1.54, 1.807) is 0 Å². The molecule has 4 atom stereocenters. The van der Waals surface area contributed by atoms with Gasteiger partial charge in [-0.15, -0.1) is 0 Å². The van der Waals surface area contributed by atoms with Crippen molar-refractivity contribution in [1.82, 2.24) is 0 Å². The lowest BCUT2D eigenvalue weighted by Crippen LogP contribution is -2.11. The van der Waals surface area contributed by atoms with Gasteiger partial charge in [0.1, 0.15) is 23.0 Å². The summed E-state index contributed by atoms with van der Waals surface area (Å²) >= 11 is 0. The normalized spacial score (nSPS) is 15.1. The van der Waals surface area contributed by atoms with E-state index < -0.39 is 0 Å². The molecular weight excluding hydrogens is 1220 g/mol. The summed E-state index contributed by atoms with van der Waals surface area (Å²) in [7, 11) is 0. The third-order valence-corrected chi connectivity index (χ3v) is 21.6. The number of rotatable bonds is 43. The Morgan fingerprint density at radius 1 is 0.250 bits per heavy atom. The fraction of sp³-hybridized carbons (Fsp3) is 0.417. The van der Waals surface area contributed by atoms with Gasteiger partial charge in [0.15, 0.2) is 0 Å². The highest BCUT2D eigenvalue weighted by Gasteiger charge is 2.31. The van der Waals surface area contributed by atoms with Crippen molar-refractivity contribution in [3.63, 3.8) is 0 Å². The van der Waals surface area contributed by atoms with E-state index in [1.165, 1.54) is 192 Å². The van der Waals surface area contributed by atoms with Crippen LogP contribution in [-0.2, 0) is 0 Å². The molecule has 0 spiro atoms. The maximum Gasteiger partial charge on any atom is 0.119 e. The maximum atomic E-state index is 6.29. The molecule has 8 aromatic rings. The molecule has 0 aromatic heterocycles. The number of ether oxygens (including phenoxy) is 4. The second-order valence-electron chi connectivity index (χ2n) is 29.0. The lowest BCUT2D eigenvalue weighted by molar-refractivity contribution is 0.233. The summed E-state index contributed by atoms with van der Waals surface area (Å²) in [5.74, 6) is 6.88. The Labute approximate surface area is 604 Å². The molecule has 4 nitrogen and oxygen atoms in total. The quantitative estimate of drug-likeness (QED) is 0.0282. The molecule has 0 radical (unpaired) electrons. The third kappa shape index (κ3) is 21.7. The highest BCUT2D eigenvalue weighted by atomic mass is 16.5. The van der Waals surface area contributed by atoms with E-state index in [4.69, 9.17) is 18.9 Å². The van der Waals surface area contributed by atoms with Crippen molar-refractivity contribution in [2.75, 3.05) is 26.4 Å². The second kappa shape index (κ2) is 39.8. The van der Waals surface area contributed by atoms with Crippen LogP contribution in [0.25, 0.3) is 70.9 Å². The first-order chi connectivity index (χ1) is 49.2. The average Bonchev–Trinajstić information content (AvgIpc) is 1.61. The molecule has 100 heavy (non-hydrogen) atoms. The zero-order chi connectivity index (χ0) is 69.7. The summed E-state index contributed by atoms with van der Waals surface area (Å²) in [6, 6.07) is 63.3. The Morgan fingerprint density at radius 2 is 0.460 bits per heavy atom. The molecule has 4 heteroatoms. The summed E-state index contributed by atoms with van der Waals surface area (Å²) in [5, 5.41) is 0. The van der Waals surface area contributed by atoms with E-state index in [0.717, 1.165) is 88.0 Å². The molecule has 526 valence electrons. The largest absolute Gasteiger partial charge is 0.493 e. The van der Waals surface area contributed by atoms with E-state index in [0.29, 0.717) is 35.5 Å². The first kappa shape index (κ1) is 74.6. The Kier molecular flexibility index (Phi) is 29.7. The van der Waals surface area contributed by atoms with Gasteiger partial charge < -0.3 is 18.9 Å².